The number of aliphatic hydroxyl groups excluding tert-OH is 2. The molecule has 0 spiro atoms. The second-order valence-corrected chi connectivity index (χ2v) is 14.3. The van der Waals surface area contributed by atoms with Crippen LogP contribution >= 0.6 is 0 Å². The molecule has 0 radical (unpaired) electrons. The molecule has 1 aliphatic rings. The van der Waals surface area contributed by atoms with E-state index in [1.54, 1.807) is 0 Å². The lowest BCUT2D eigenvalue weighted by Gasteiger charge is -2.50. The van der Waals surface area contributed by atoms with E-state index in [1.165, 1.54) is 0 Å². The summed E-state index contributed by atoms with van der Waals surface area (Å²) in [7, 11) is 0. The van der Waals surface area contributed by atoms with Gasteiger partial charge in [0.2, 0.25) is 0 Å². The van der Waals surface area contributed by atoms with E-state index in [9.17, 15) is 15.0 Å². The van der Waals surface area contributed by atoms with Gasteiger partial charge in [-0.25, -0.2) is 4.79 Å². The summed E-state index contributed by atoms with van der Waals surface area (Å²) in [4.78, 5) is 13.0. The molecule has 1 fully saturated rings. The number of alkyl carbamates (subject to hydrolysis) is 1. The fourth-order valence-corrected chi connectivity index (χ4v) is 7.09. The summed E-state index contributed by atoms with van der Waals surface area (Å²) in [5.41, 5.74) is 3.71. The molecule has 294 valence electrons. The molecule has 1 heterocycles. The van der Waals surface area contributed by atoms with Crippen LogP contribution in [-0.4, -0.2) is 59.7 Å². The van der Waals surface area contributed by atoms with Crippen LogP contribution in [0.4, 0.5) is 4.79 Å². The van der Waals surface area contributed by atoms with Crippen molar-refractivity contribution in [2.75, 3.05) is 13.2 Å². The lowest BCUT2D eigenvalue weighted by Crippen LogP contribution is -2.67. The van der Waals surface area contributed by atoms with Crippen LogP contribution in [0.5, 0.6) is 0 Å². The van der Waals surface area contributed by atoms with E-state index in [4.69, 9.17) is 23.7 Å². The Labute approximate surface area is 330 Å². The molecule has 9 heteroatoms. The summed E-state index contributed by atoms with van der Waals surface area (Å²) < 4.78 is 31.7. The quantitative estimate of drug-likeness (QED) is 0.0683. The van der Waals surface area contributed by atoms with E-state index in [0.717, 1.165) is 34.2 Å². The van der Waals surface area contributed by atoms with Crippen molar-refractivity contribution in [3.05, 3.63) is 179 Å². The maximum Gasteiger partial charge on any atom is 0.407 e. The molecule has 0 bridgehead atoms. The maximum atomic E-state index is 13.0. The second kappa shape index (κ2) is 21.4. The molecule has 1 unspecified atom stereocenters. The van der Waals surface area contributed by atoms with Crippen LogP contribution in [0.2, 0.25) is 0 Å². The van der Waals surface area contributed by atoms with Crippen LogP contribution in [0.1, 0.15) is 59.6 Å². The molecule has 0 aromatic heterocycles. The fourth-order valence-electron chi connectivity index (χ4n) is 7.09. The van der Waals surface area contributed by atoms with Gasteiger partial charge in [-0.15, -0.1) is 0 Å². The highest BCUT2D eigenvalue weighted by Gasteiger charge is 2.55. The smallest absolute Gasteiger partial charge is 0.407 e. The van der Waals surface area contributed by atoms with Gasteiger partial charge in [-0.05, 0) is 40.7 Å². The van der Waals surface area contributed by atoms with E-state index in [0.29, 0.717) is 38.8 Å². The normalized spacial score (nSPS) is 21.2. The number of benzene rings is 5. The SMILES string of the molecule is O=C(NCCCCC[C@]1(COCc2ccccc2)O[C@@H](O)[C@H](O)[C@@H](OCc2ccccc2)[C@@H]1OCc1ccccc1)OC(Cc1ccccc1)c1ccccc1. The van der Waals surface area contributed by atoms with E-state index < -0.39 is 42.4 Å². The number of hydrogen-bond acceptors (Lipinski definition) is 8. The van der Waals surface area contributed by atoms with Crippen LogP contribution in [0.25, 0.3) is 0 Å². The summed E-state index contributed by atoms with van der Waals surface area (Å²) in [5.74, 6) is 0. The van der Waals surface area contributed by atoms with Crippen molar-refractivity contribution in [2.24, 2.45) is 0 Å². The minimum atomic E-state index is -1.53. The van der Waals surface area contributed by atoms with Crippen LogP contribution in [0.3, 0.4) is 0 Å². The van der Waals surface area contributed by atoms with Crippen molar-refractivity contribution in [3.63, 3.8) is 0 Å². The Morgan fingerprint density at radius 2 is 1.16 bits per heavy atom. The number of unbranched alkanes of at least 4 members (excludes halogenated alkanes) is 2. The van der Waals surface area contributed by atoms with Gasteiger partial charge < -0.3 is 39.2 Å². The van der Waals surface area contributed by atoms with E-state index >= 15 is 0 Å². The Kier molecular flexibility index (Phi) is 15.6. The van der Waals surface area contributed by atoms with Crippen LogP contribution in [-0.2, 0) is 49.9 Å². The predicted octanol–water partition coefficient (Wildman–Crippen LogP) is 8.09. The van der Waals surface area contributed by atoms with Crippen LogP contribution in [0, 0.1) is 0 Å². The number of nitrogens with one attached hydrogen (secondary N) is 1. The first-order valence-electron chi connectivity index (χ1n) is 19.5. The van der Waals surface area contributed by atoms with E-state index in [-0.39, 0.29) is 19.8 Å². The van der Waals surface area contributed by atoms with Gasteiger partial charge in [0.25, 0.3) is 0 Å². The number of carbonyl (C=O) groups is 1. The average Bonchev–Trinajstić information content (AvgIpc) is 3.24. The van der Waals surface area contributed by atoms with Gasteiger partial charge in [0.1, 0.15) is 30.0 Å². The lowest BCUT2D eigenvalue weighted by molar-refractivity contribution is -0.346. The van der Waals surface area contributed by atoms with Crippen molar-refractivity contribution in [1.82, 2.24) is 5.32 Å². The van der Waals surface area contributed by atoms with Gasteiger partial charge in [-0.1, -0.05) is 165 Å². The number of ether oxygens (including phenoxy) is 5. The molecule has 6 atom stereocenters. The average molecular weight is 760 g/mol. The van der Waals surface area contributed by atoms with E-state index in [2.05, 4.69) is 5.32 Å². The Hall–Kier alpha value is -4.87. The molecular formula is C47H53NO8. The van der Waals surface area contributed by atoms with Gasteiger partial charge in [-0.3, -0.25) is 0 Å². The van der Waals surface area contributed by atoms with Crippen molar-refractivity contribution in [3.8, 4) is 0 Å². The zero-order valence-corrected chi connectivity index (χ0v) is 31.7. The van der Waals surface area contributed by atoms with Crippen LogP contribution in [0.15, 0.2) is 152 Å². The number of aliphatic hydroxyl groups is 2. The highest BCUT2D eigenvalue weighted by Crippen LogP contribution is 2.38. The largest absolute Gasteiger partial charge is 0.441 e. The molecule has 1 amide bonds. The van der Waals surface area contributed by atoms with Gasteiger partial charge in [0, 0.05) is 13.0 Å². The zero-order valence-electron chi connectivity index (χ0n) is 31.7. The third-order valence-electron chi connectivity index (χ3n) is 10.0. The molecule has 5 aromatic rings. The minimum Gasteiger partial charge on any atom is -0.441 e. The topological polar surface area (TPSA) is 116 Å². The molecule has 3 N–H and O–H groups in total. The molecule has 1 saturated heterocycles. The highest BCUT2D eigenvalue weighted by atomic mass is 16.7. The molecule has 0 aliphatic carbocycles. The summed E-state index contributed by atoms with van der Waals surface area (Å²) in [6, 6.07) is 49.1. The number of rotatable bonds is 20. The first-order valence-corrected chi connectivity index (χ1v) is 19.5. The zero-order chi connectivity index (χ0) is 38.8. The Balaban J connectivity index is 1.12. The standard InChI is InChI=1S/C47H53NO8/c49-42-43(53-33-38-23-11-3-12-24-38)44(54-34-39-25-13-4-14-26-39)47(56-45(42)50,35-52-32-37-21-9-2-10-22-37)29-17-6-18-30-48-46(51)55-41(40-27-15-5-16-28-40)31-36-19-7-1-8-20-36/h1-5,7-16,19-28,41-45,49-50H,6,17-18,29-35H2,(H,48,51)/t41?,42-,43-,44+,45-,47-/m1/s1. The molecule has 1 aliphatic heterocycles. The monoisotopic (exact) mass is 759 g/mol. The highest BCUT2D eigenvalue weighted by molar-refractivity contribution is 5.67. The molecule has 9 nitrogen and oxygen atoms in total. The molecule has 5 aromatic carbocycles. The summed E-state index contributed by atoms with van der Waals surface area (Å²) in [5, 5.41) is 25.5. The van der Waals surface area contributed by atoms with Gasteiger partial charge >= 0.3 is 6.09 Å². The fraction of sp³-hybridized carbons (Fsp3) is 0.340. The Morgan fingerprint density at radius 1 is 0.643 bits per heavy atom. The molecular weight excluding hydrogens is 707 g/mol. The van der Waals surface area contributed by atoms with Gasteiger partial charge in [0.15, 0.2) is 6.29 Å². The first kappa shape index (κ1) is 40.8. The van der Waals surface area contributed by atoms with Crippen molar-refractivity contribution in [1.29, 1.82) is 0 Å². The molecule has 6 rings (SSSR count). The minimum absolute atomic E-state index is 0.0865. The van der Waals surface area contributed by atoms with Gasteiger partial charge in [-0.2, -0.15) is 0 Å². The van der Waals surface area contributed by atoms with Crippen molar-refractivity contribution in [2.45, 2.75) is 88.2 Å². The Bertz CT molecular complexity index is 1830. The van der Waals surface area contributed by atoms with Crippen molar-refractivity contribution >= 4 is 6.09 Å². The third-order valence-corrected chi connectivity index (χ3v) is 10.0. The lowest BCUT2D eigenvalue weighted by atomic mass is 9.82. The summed E-state index contributed by atoms with van der Waals surface area (Å²) in [6.45, 7) is 1.28. The van der Waals surface area contributed by atoms with E-state index in [1.807, 2.05) is 152 Å². The molecule has 56 heavy (non-hydrogen) atoms. The first-order chi connectivity index (χ1) is 27.5. The van der Waals surface area contributed by atoms with Crippen molar-refractivity contribution < 1.29 is 38.7 Å². The third kappa shape index (κ3) is 12.1. The second-order valence-electron chi connectivity index (χ2n) is 14.3. The van der Waals surface area contributed by atoms with Gasteiger partial charge in [0.05, 0.1) is 26.4 Å². The summed E-state index contributed by atoms with van der Waals surface area (Å²) in [6.07, 6.45) is -2.44. The Morgan fingerprint density at radius 3 is 1.75 bits per heavy atom. The maximum absolute atomic E-state index is 13.0. The predicted molar refractivity (Wildman–Crippen MR) is 214 cm³/mol. The molecule has 0 saturated carbocycles. The number of amides is 1. The number of carbonyl (C=O) groups excluding carboxylic acids is 1. The van der Waals surface area contributed by atoms with Crippen LogP contribution < -0.4 is 5.32 Å². The summed E-state index contributed by atoms with van der Waals surface area (Å²) >= 11 is 0. The number of hydrogen-bond donors (Lipinski definition) is 3.